The zero-order valence-corrected chi connectivity index (χ0v) is 10.7. The van der Waals surface area contributed by atoms with Gasteiger partial charge in [-0.2, -0.15) is 0 Å². The second-order valence-electron chi connectivity index (χ2n) is 3.67. The monoisotopic (exact) mass is 267 g/mol. The Morgan fingerprint density at radius 1 is 1.18 bits per heavy atom. The Morgan fingerprint density at radius 3 is 2.65 bits per heavy atom. The molecule has 3 nitrogen and oxygen atoms in total. The highest BCUT2D eigenvalue weighted by Gasteiger charge is 2.06. The van der Waals surface area contributed by atoms with E-state index in [1.807, 2.05) is 13.0 Å². The topological polar surface area (TPSA) is 50.9 Å². The number of rotatable bonds is 2. The standard InChI is InChI=1S/C12H11Cl2N3/c1-7-4-9(14)12(5-8(7)13)17-11-2-3-16-6-10(11)15/h2-6H,15H2,1H3,(H,16,17). The van der Waals surface area contributed by atoms with Gasteiger partial charge < -0.3 is 11.1 Å². The van der Waals surface area contributed by atoms with Crippen LogP contribution in [-0.2, 0) is 0 Å². The van der Waals surface area contributed by atoms with Gasteiger partial charge in [0.15, 0.2) is 0 Å². The predicted molar refractivity (Wildman–Crippen MR) is 73.1 cm³/mol. The van der Waals surface area contributed by atoms with Crippen LogP contribution >= 0.6 is 23.2 Å². The minimum atomic E-state index is 0.556. The van der Waals surface area contributed by atoms with Gasteiger partial charge >= 0.3 is 0 Å². The van der Waals surface area contributed by atoms with Gasteiger partial charge in [-0.05, 0) is 30.7 Å². The zero-order valence-electron chi connectivity index (χ0n) is 9.17. The van der Waals surface area contributed by atoms with Crippen LogP contribution in [0.2, 0.25) is 10.0 Å². The lowest BCUT2D eigenvalue weighted by Gasteiger charge is -2.11. The van der Waals surface area contributed by atoms with Crippen molar-refractivity contribution in [3.63, 3.8) is 0 Å². The van der Waals surface area contributed by atoms with Gasteiger partial charge in [0.25, 0.3) is 0 Å². The van der Waals surface area contributed by atoms with E-state index >= 15 is 0 Å². The van der Waals surface area contributed by atoms with Crippen molar-refractivity contribution in [3.8, 4) is 0 Å². The summed E-state index contributed by atoms with van der Waals surface area (Å²) in [6.07, 6.45) is 3.23. The molecule has 0 aliphatic carbocycles. The average molecular weight is 268 g/mol. The number of nitrogens with zero attached hydrogens (tertiary/aromatic N) is 1. The molecule has 0 unspecified atom stereocenters. The molecule has 0 aliphatic rings. The molecule has 0 fully saturated rings. The minimum Gasteiger partial charge on any atom is -0.396 e. The van der Waals surface area contributed by atoms with Crippen molar-refractivity contribution >= 4 is 40.3 Å². The van der Waals surface area contributed by atoms with Gasteiger partial charge in [-0.15, -0.1) is 0 Å². The fourth-order valence-electron chi connectivity index (χ4n) is 1.41. The van der Waals surface area contributed by atoms with E-state index < -0.39 is 0 Å². The number of aryl methyl sites for hydroxylation is 1. The molecule has 0 bridgehead atoms. The zero-order chi connectivity index (χ0) is 12.4. The summed E-state index contributed by atoms with van der Waals surface area (Å²) in [4.78, 5) is 3.92. The van der Waals surface area contributed by atoms with Crippen LogP contribution in [0, 0.1) is 6.92 Å². The number of nitrogens with one attached hydrogen (secondary N) is 1. The molecule has 0 saturated carbocycles. The number of anilines is 3. The molecule has 17 heavy (non-hydrogen) atoms. The first-order valence-electron chi connectivity index (χ1n) is 5.00. The maximum Gasteiger partial charge on any atom is 0.0739 e. The molecule has 2 rings (SSSR count). The molecule has 0 radical (unpaired) electrons. The molecule has 1 aromatic carbocycles. The van der Waals surface area contributed by atoms with Gasteiger partial charge in [-0.25, -0.2) is 0 Å². The van der Waals surface area contributed by atoms with Gasteiger partial charge in [0.2, 0.25) is 0 Å². The summed E-state index contributed by atoms with van der Waals surface area (Å²) in [7, 11) is 0. The summed E-state index contributed by atoms with van der Waals surface area (Å²) >= 11 is 12.2. The van der Waals surface area contributed by atoms with Gasteiger partial charge in [0.1, 0.15) is 0 Å². The third kappa shape index (κ3) is 2.62. The molecule has 3 N–H and O–H groups in total. The van der Waals surface area contributed by atoms with Gasteiger partial charge in [0, 0.05) is 11.2 Å². The van der Waals surface area contributed by atoms with Crippen LogP contribution in [0.15, 0.2) is 30.6 Å². The highest BCUT2D eigenvalue weighted by Crippen LogP contribution is 2.32. The van der Waals surface area contributed by atoms with Crippen molar-refractivity contribution in [1.82, 2.24) is 4.98 Å². The SMILES string of the molecule is Cc1cc(Cl)c(Nc2ccncc2N)cc1Cl. The molecule has 2 aromatic rings. The maximum absolute atomic E-state index is 6.13. The number of aromatic nitrogens is 1. The van der Waals surface area contributed by atoms with E-state index in [0.717, 1.165) is 16.9 Å². The van der Waals surface area contributed by atoms with Crippen LogP contribution in [0.3, 0.4) is 0 Å². The number of halogens is 2. The van der Waals surface area contributed by atoms with Crippen molar-refractivity contribution in [2.45, 2.75) is 6.92 Å². The van der Waals surface area contributed by atoms with Crippen LogP contribution in [0.1, 0.15) is 5.56 Å². The van der Waals surface area contributed by atoms with Crippen LogP contribution in [0.25, 0.3) is 0 Å². The van der Waals surface area contributed by atoms with Gasteiger partial charge in [-0.1, -0.05) is 23.2 Å². The lowest BCUT2D eigenvalue weighted by molar-refractivity contribution is 1.33. The summed E-state index contributed by atoms with van der Waals surface area (Å²) in [5, 5.41) is 4.38. The lowest BCUT2D eigenvalue weighted by atomic mass is 10.2. The average Bonchev–Trinajstić information content (AvgIpc) is 2.29. The highest BCUT2D eigenvalue weighted by atomic mass is 35.5. The maximum atomic E-state index is 6.13. The fourth-order valence-corrected chi connectivity index (χ4v) is 1.84. The molecule has 0 atom stereocenters. The normalized spacial score (nSPS) is 10.3. The Morgan fingerprint density at radius 2 is 1.94 bits per heavy atom. The Hall–Kier alpha value is -1.45. The Kier molecular flexibility index (Phi) is 3.41. The van der Waals surface area contributed by atoms with Crippen molar-refractivity contribution in [2.24, 2.45) is 0 Å². The smallest absolute Gasteiger partial charge is 0.0739 e. The quantitative estimate of drug-likeness (QED) is 0.864. The van der Waals surface area contributed by atoms with E-state index in [1.54, 1.807) is 24.5 Å². The van der Waals surface area contributed by atoms with Crippen molar-refractivity contribution < 1.29 is 0 Å². The second-order valence-corrected chi connectivity index (χ2v) is 4.48. The van der Waals surface area contributed by atoms with Crippen LogP contribution < -0.4 is 11.1 Å². The number of hydrogen-bond acceptors (Lipinski definition) is 3. The fraction of sp³-hybridized carbons (Fsp3) is 0.0833. The Labute approximate surface area is 110 Å². The number of nitrogens with two attached hydrogens (primary N) is 1. The lowest BCUT2D eigenvalue weighted by Crippen LogP contribution is -1.97. The van der Waals surface area contributed by atoms with E-state index in [-0.39, 0.29) is 0 Å². The second kappa shape index (κ2) is 4.82. The molecule has 88 valence electrons. The largest absolute Gasteiger partial charge is 0.396 e. The molecule has 0 saturated heterocycles. The Bertz CT molecular complexity index is 555. The van der Waals surface area contributed by atoms with E-state index in [1.165, 1.54) is 0 Å². The van der Waals surface area contributed by atoms with Crippen molar-refractivity contribution in [3.05, 3.63) is 46.2 Å². The van der Waals surface area contributed by atoms with Gasteiger partial charge in [-0.3, -0.25) is 4.98 Å². The molecule has 0 spiro atoms. The van der Waals surface area contributed by atoms with Crippen LogP contribution in [0.4, 0.5) is 17.1 Å². The first kappa shape index (κ1) is 12.0. The molecule has 1 heterocycles. The third-order valence-electron chi connectivity index (χ3n) is 2.37. The van der Waals surface area contributed by atoms with E-state index in [4.69, 9.17) is 28.9 Å². The summed E-state index contributed by atoms with van der Waals surface area (Å²) in [5.41, 5.74) is 8.75. The summed E-state index contributed by atoms with van der Waals surface area (Å²) in [6.45, 7) is 1.90. The molecule has 0 amide bonds. The third-order valence-corrected chi connectivity index (χ3v) is 3.09. The van der Waals surface area contributed by atoms with E-state index in [2.05, 4.69) is 10.3 Å². The summed E-state index contributed by atoms with van der Waals surface area (Å²) in [6, 6.07) is 5.36. The predicted octanol–water partition coefficient (Wildman–Crippen LogP) is 4.02. The number of nitrogen functional groups attached to an aromatic ring is 1. The molecular weight excluding hydrogens is 257 g/mol. The van der Waals surface area contributed by atoms with Crippen molar-refractivity contribution in [1.29, 1.82) is 0 Å². The first-order chi connectivity index (χ1) is 8.08. The number of hydrogen-bond donors (Lipinski definition) is 2. The molecular formula is C12H11Cl2N3. The van der Waals surface area contributed by atoms with E-state index in [9.17, 15) is 0 Å². The van der Waals surface area contributed by atoms with E-state index in [0.29, 0.717) is 15.7 Å². The molecule has 0 aliphatic heterocycles. The van der Waals surface area contributed by atoms with Crippen LogP contribution in [0.5, 0.6) is 0 Å². The summed E-state index contributed by atoms with van der Waals surface area (Å²) in [5.74, 6) is 0. The molecule has 5 heteroatoms. The first-order valence-corrected chi connectivity index (χ1v) is 5.75. The highest BCUT2D eigenvalue weighted by molar-refractivity contribution is 6.35. The summed E-state index contributed by atoms with van der Waals surface area (Å²) < 4.78 is 0. The van der Waals surface area contributed by atoms with Gasteiger partial charge in [0.05, 0.1) is 28.3 Å². The molecule has 1 aromatic heterocycles. The van der Waals surface area contributed by atoms with Crippen molar-refractivity contribution in [2.75, 3.05) is 11.1 Å². The minimum absolute atomic E-state index is 0.556. The number of benzene rings is 1. The Balaban J connectivity index is 2.37. The number of pyridine rings is 1. The van der Waals surface area contributed by atoms with Crippen LogP contribution in [-0.4, -0.2) is 4.98 Å².